The highest BCUT2D eigenvalue weighted by atomic mass is 35.5. The summed E-state index contributed by atoms with van der Waals surface area (Å²) in [6, 6.07) is 3.82. The first-order valence-corrected chi connectivity index (χ1v) is 5.41. The van der Waals surface area contributed by atoms with Crippen LogP contribution in [0.15, 0.2) is 18.2 Å². The predicted molar refractivity (Wildman–Crippen MR) is 64.9 cm³/mol. The van der Waals surface area contributed by atoms with Crippen molar-refractivity contribution in [2.24, 2.45) is 5.73 Å². The van der Waals surface area contributed by atoms with E-state index in [9.17, 15) is 9.18 Å². The van der Waals surface area contributed by atoms with Gasteiger partial charge in [0, 0.05) is 25.3 Å². The number of anilines is 1. The molecule has 0 radical (unpaired) electrons. The third-order valence-electron chi connectivity index (χ3n) is 2.29. The molecule has 1 atom stereocenters. The van der Waals surface area contributed by atoms with E-state index in [0.29, 0.717) is 12.2 Å². The Morgan fingerprint density at radius 1 is 1.65 bits per heavy atom. The number of rotatable bonds is 5. The fourth-order valence-electron chi connectivity index (χ4n) is 1.47. The number of hydrogen-bond acceptors (Lipinski definition) is 3. The normalized spacial score (nSPS) is 12.2. The summed E-state index contributed by atoms with van der Waals surface area (Å²) in [5, 5.41) is 8.61. The summed E-state index contributed by atoms with van der Waals surface area (Å²) in [6.45, 7) is 0.355. The van der Waals surface area contributed by atoms with E-state index in [0.717, 1.165) is 0 Å². The molecule has 0 amide bonds. The number of nitrogens with two attached hydrogens (primary N) is 1. The van der Waals surface area contributed by atoms with Crippen LogP contribution in [0.3, 0.4) is 0 Å². The van der Waals surface area contributed by atoms with Gasteiger partial charge < -0.3 is 15.7 Å². The van der Waals surface area contributed by atoms with Gasteiger partial charge in [0.15, 0.2) is 0 Å². The summed E-state index contributed by atoms with van der Waals surface area (Å²) in [5.74, 6) is -1.43. The second-order valence-electron chi connectivity index (χ2n) is 3.84. The fraction of sp³-hybridized carbons (Fsp3) is 0.364. The predicted octanol–water partition coefficient (Wildman–Crippen LogP) is 1.72. The van der Waals surface area contributed by atoms with Crippen molar-refractivity contribution in [2.75, 3.05) is 18.5 Å². The van der Waals surface area contributed by atoms with Crippen molar-refractivity contribution in [1.29, 1.82) is 0 Å². The minimum absolute atomic E-state index is 0.0288. The Kier molecular flexibility index (Phi) is 4.72. The summed E-state index contributed by atoms with van der Waals surface area (Å²) in [4.78, 5) is 12.2. The number of halogens is 2. The van der Waals surface area contributed by atoms with Crippen LogP contribution in [0, 0.1) is 5.82 Å². The van der Waals surface area contributed by atoms with Gasteiger partial charge in [0.1, 0.15) is 5.82 Å². The van der Waals surface area contributed by atoms with Crippen molar-refractivity contribution in [3.63, 3.8) is 0 Å². The zero-order valence-electron chi connectivity index (χ0n) is 9.36. The molecule has 3 N–H and O–H groups in total. The molecule has 0 aliphatic rings. The van der Waals surface area contributed by atoms with Gasteiger partial charge in [-0.2, -0.15) is 0 Å². The van der Waals surface area contributed by atoms with Gasteiger partial charge in [0.2, 0.25) is 0 Å². The van der Waals surface area contributed by atoms with Crippen LogP contribution in [0.2, 0.25) is 5.02 Å². The lowest BCUT2D eigenvalue weighted by Crippen LogP contribution is -2.36. The lowest BCUT2D eigenvalue weighted by molar-refractivity contribution is -0.137. The van der Waals surface area contributed by atoms with Gasteiger partial charge in [-0.25, -0.2) is 4.39 Å². The van der Waals surface area contributed by atoms with Crippen molar-refractivity contribution < 1.29 is 14.3 Å². The Morgan fingerprint density at radius 2 is 2.29 bits per heavy atom. The van der Waals surface area contributed by atoms with Gasteiger partial charge in [-0.3, -0.25) is 4.79 Å². The third kappa shape index (κ3) is 4.20. The highest BCUT2D eigenvalue weighted by Crippen LogP contribution is 2.21. The highest BCUT2D eigenvalue weighted by molar-refractivity contribution is 6.31. The first kappa shape index (κ1) is 13.7. The monoisotopic (exact) mass is 260 g/mol. The number of hydrogen-bond donors (Lipinski definition) is 2. The number of carboxylic acid groups (broad SMARTS) is 1. The molecule has 1 unspecified atom stereocenters. The number of carboxylic acids is 1. The zero-order valence-corrected chi connectivity index (χ0v) is 10.1. The topological polar surface area (TPSA) is 66.6 Å². The summed E-state index contributed by atoms with van der Waals surface area (Å²) in [5.41, 5.74) is 6.34. The Balaban J connectivity index is 2.66. The van der Waals surface area contributed by atoms with Crippen LogP contribution in [0.4, 0.5) is 10.1 Å². The fourth-order valence-corrected chi connectivity index (χ4v) is 1.64. The van der Waals surface area contributed by atoms with Gasteiger partial charge >= 0.3 is 5.97 Å². The molecule has 4 nitrogen and oxygen atoms in total. The summed E-state index contributed by atoms with van der Waals surface area (Å²) in [7, 11) is 1.74. The molecule has 0 aliphatic carbocycles. The van der Waals surface area contributed by atoms with Crippen molar-refractivity contribution in [3.05, 3.63) is 29.0 Å². The average molecular weight is 261 g/mol. The Labute approximate surface area is 104 Å². The van der Waals surface area contributed by atoms with Gasteiger partial charge in [-0.05, 0) is 18.2 Å². The molecule has 1 rings (SSSR count). The zero-order chi connectivity index (χ0) is 13.0. The lowest BCUT2D eigenvalue weighted by Gasteiger charge is -2.22. The number of benzene rings is 1. The largest absolute Gasteiger partial charge is 0.481 e. The second-order valence-corrected chi connectivity index (χ2v) is 4.24. The molecule has 0 bridgehead atoms. The molecule has 0 spiro atoms. The van der Waals surface area contributed by atoms with Gasteiger partial charge in [0.05, 0.1) is 11.4 Å². The highest BCUT2D eigenvalue weighted by Gasteiger charge is 2.12. The van der Waals surface area contributed by atoms with Gasteiger partial charge in [-0.15, -0.1) is 0 Å². The van der Waals surface area contributed by atoms with Crippen LogP contribution < -0.4 is 10.6 Å². The maximum atomic E-state index is 12.9. The minimum atomic E-state index is -0.942. The number of likely N-dealkylation sites (N-methyl/N-ethyl adjacent to an activating group) is 1. The molecule has 0 heterocycles. The Hall–Kier alpha value is -1.33. The van der Waals surface area contributed by atoms with Crippen molar-refractivity contribution in [3.8, 4) is 0 Å². The quantitative estimate of drug-likeness (QED) is 0.846. The van der Waals surface area contributed by atoms with Gasteiger partial charge in [0.25, 0.3) is 0 Å². The van der Waals surface area contributed by atoms with Crippen LogP contribution in [0.1, 0.15) is 6.42 Å². The van der Waals surface area contributed by atoms with E-state index in [1.165, 1.54) is 12.1 Å². The standard InChI is InChI=1S/C11H14ClFN2O2/c1-15(6-7(14)4-11(16)17)8-2-3-10(13)9(12)5-8/h2-3,5,7H,4,6,14H2,1H3,(H,16,17). The third-order valence-corrected chi connectivity index (χ3v) is 2.58. The van der Waals surface area contributed by atoms with Gasteiger partial charge in [-0.1, -0.05) is 11.6 Å². The van der Waals surface area contributed by atoms with E-state index in [2.05, 4.69) is 0 Å². The van der Waals surface area contributed by atoms with E-state index in [1.54, 1.807) is 18.0 Å². The van der Waals surface area contributed by atoms with Crippen LogP contribution in [0.25, 0.3) is 0 Å². The summed E-state index contributed by atoms with van der Waals surface area (Å²) in [6.07, 6.45) is -0.112. The molecular weight excluding hydrogens is 247 g/mol. The smallest absolute Gasteiger partial charge is 0.304 e. The molecule has 0 saturated heterocycles. The lowest BCUT2D eigenvalue weighted by atomic mass is 10.2. The van der Waals surface area contributed by atoms with E-state index < -0.39 is 17.8 Å². The molecule has 94 valence electrons. The molecule has 0 saturated carbocycles. The molecule has 0 fully saturated rings. The van der Waals surface area contributed by atoms with Crippen molar-refractivity contribution in [1.82, 2.24) is 0 Å². The molecule has 17 heavy (non-hydrogen) atoms. The maximum absolute atomic E-state index is 12.9. The maximum Gasteiger partial charge on any atom is 0.304 e. The van der Waals surface area contributed by atoms with E-state index in [1.807, 2.05) is 0 Å². The SMILES string of the molecule is CN(CC(N)CC(=O)O)c1ccc(F)c(Cl)c1. The van der Waals surface area contributed by atoms with Crippen LogP contribution in [-0.2, 0) is 4.79 Å². The molecule has 6 heteroatoms. The number of aliphatic carboxylic acids is 1. The van der Waals surface area contributed by atoms with Crippen molar-refractivity contribution >= 4 is 23.3 Å². The molecule has 0 aliphatic heterocycles. The van der Waals surface area contributed by atoms with E-state index in [4.69, 9.17) is 22.4 Å². The van der Waals surface area contributed by atoms with E-state index >= 15 is 0 Å². The van der Waals surface area contributed by atoms with Crippen LogP contribution >= 0.6 is 11.6 Å². The first-order valence-electron chi connectivity index (χ1n) is 5.03. The molecule has 1 aromatic rings. The second kappa shape index (κ2) is 5.84. The summed E-state index contributed by atoms with van der Waals surface area (Å²) < 4.78 is 12.9. The van der Waals surface area contributed by atoms with Crippen LogP contribution in [0.5, 0.6) is 0 Å². The minimum Gasteiger partial charge on any atom is -0.481 e. The Morgan fingerprint density at radius 3 is 2.82 bits per heavy atom. The Bertz CT molecular complexity index is 414. The number of carbonyl (C=O) groups is 1. The molecular formula is C11H14ClFN2O2. The molecule has 0 aromatic heterocycles. The number of nitrogens with zero attached hydrogens (tertiary/aromatic N) is 1. The molecule has 1 aromatic carbocycles. The summed E-state index contributed by atoms with van der Waals surface area (Å²) >= 11 is 5.65. The average Bonchev–Trinajstić information content (AvgIpc) is 2.20. The van der Waals surface area contributed by atoms with Crippen molar-refractivity contribution in [2.45, 2.75) is 12.5 Å². The first-order chi connectivity index (χ1) is 7.90. The van der Waals surface area contributed by atoms with E-state index in [-0.39, 0.29) is 11.4 Å². The van der Waals surface area contributed by atoms with Crippen LogP contribution in [-0.4, -0.2) is 30.7 Å².